The van der Waals surface area contributed by atoms with Crippen LogP contribution in [0.25, 0.3) is 0 Å². The third kappa shape index (κ3) is 9.04. The molecule has 0 rings (SSSR count). The second-order valence-electron chi connectivity index (χ2n) is 0.342. The van der Waals surface area contributed by atoms with Crippen molar-refractivity contribution in [2.75, 3.05) is 0 Å². The van der Waals surface area contributed by atoms with Crippen LogP contribution < -0.4 is 3.75 Å². The van der Waals surface area contributed by atoms with Gasteiger partial charge < -0.3 is 0 Å². The minimum atomic E-state index is -2.43. The monoisotopic (exact) mass is 183 g/mol. The van der Waals surface area contributed by atoms with Crippen molar-refractivity contribution < 1.29 is 8.42 Å². The van der Waals surface area contributed by atoms with E-state index in [0.29, 0.717) is 0 Å². The van der Waals surface area contributed by atoms with E-state index in [1.54, 1.807) is 3.75 Å². The second-order valence-corrected chi connectivity index (χ2v) is 2.09. The van der Waals surface area contributed by atoms with Gasteiger partial charge in [-0.05, 0) is 0 Å². The first-order valence-corrected chi connectivity index (χ1v) is 2.75. The number of hydrogen-bond donors (Lipinski definition) is 2. The van der Waals surface area contributed by atoms with Gasteiger partial charge in [0.25, 0.3) is 0 Å². The Morgan fingerprint density at radius 3 is 1.67 bits per heavy atom. The molecule has 0 saturated carbocycles. The summed E-state index contributed by atoms with van der Waals surface area (Å²) in [5.41, 5.74) is 0. The van der Waals surface area contributed by atoms with E-state index in [4.69, 9.17) is 0 Å². The maximum absolute atomic E-state index is 9.25. The summed E-state index contributed by atoms with van der Waals surface area (Å²) in [6.45, 7) is 0. The van der Waals surface area contributed by atoms with Crippen LogP contribution in [-0.2, 0) is 10.9 Å². The summed E-state index contributed by atoms with van der Waals surface area (Å²) in [5.74, 6) is 0. The molecule has 0 bridgehead atoms. The summed E-state index contributed by atoms with van der Waals surface area (Å²) in [7, 11) is -2.43. The molecule has 0 aliphatic rings. The van der Waals surface area contributed by atoms with Crippen LogP contribution in [0.4, 0.5) is 0 Å². The van der Waals surface area contributed by atoms with Crippen LogP contribution >= 0.6 is 16.1 Å². The van der Waals surface area contributed by atoms with Crippen molar-refractivity contribution in [2.24, 2.45) is 0 Å². The van der Waals surface area contributed by atoms with E-state index in [9.17, 15) is 8.42 Å². The Balaban J connectivity index is 0. The van der Waals surface area contributed by atoms with Crippen LogP contribution in [0.2, 0.25) is 0 Å². The molecule has 6 heteroatoms. The molecule has 0 saturated heterocycles. The van der Waals surface area contributed by atoms with Gasteiger partial charge in [-0.2, -0.15) is 3.75 Å². The van der Waals surface area contributed by atoms with Crippen molar-refractivity contribution in [3.8, 4) is 0 Å². The molecule has 0 atom stereocenters. The van der Waals surface area contributed by atoms with Crippen LogP contribution in [0, 0.1) is 0 Å². The maximum atomic E-state index is 9.25. The van der Waals surface area contributed by atoms with E-state index in [-0.39, 0.29) is 29.6 Å². The number of hydrogen-bond acceptors (Lipinski definition) is 2. The molecule has 0 aromatic rings. The molecule has 1 N–H and O–H groups in total. The first-order chi connectivity index (χ1) is 2.27. The van der Waals surface area contributed by atoms with Crippen LogP contribution in [0.5, 0.6) is 0 Å². The van der Waals surface area contributed by atoms with Crippen LogP contribution in [0.1, 0.15) is 0 Å². The van der Waals surface area contributed by atoms with Gasteiger partial charge in [-0.15, -0.1) is 0 Å². The van der Waals surface area contributed by atoms with Crippen LogP contribution in [0.3, 0.4) is 0 Å². The van der Waals surface area contributed by atoms with Crippen LogP contribution in [0.15, 0.2) is 0 Å². The fourth-order valence-corrected chi connectivity index (χ4v) is 0. The quantitative estimate of drug-likeness (QED) is 0.304. The average Bonchev–Trinajstić information content (AvgIpc) is 1.38. The van der Waals surface area contributed by atoms with Gasteiger partial charge in [0.05, 0.1) is 0 Å². The Morgan fingerprint density at radius 1 is 1.50 bits per heavy atom. The Labute approximate surface area is 68.2 Å². The standard InChI is InChI=1S/BrH2NO2S.Na.H/c1-2-5(3)4;;/h5H,(H,2,3,4);;. The molecule has 0 aromatic carbocycles. The van der Waals surface area contributed by atoms with Crippen molar-refractivity contribution in [3.05, 3.63) is 0 Å². The summed E-state index contributed by atoms with van der Waals surface area (Å²) in [5, 5.41) is 0. The Kier molecular flexibility index (Phi) is 11.1. The summed E-state index contributed by atoms with van der Waals surface area (Å²) in [6.07, 6.45) is 0. The molecule has 0 amide bonds. The molecule has 0 unspecified atom stereocenters. The van der Waals surface area contributed by atoms with Gasteiger partial charge in [0.1, 0.15) is 0 Å². The molecule has 0 aliphatic heterocycles. The topological polar surface area (TPSA) is 46.2 Å². The Hall–Kier alpha value is 1.39. The first-order valence-electron chi connectivity index (χ1n) is 0.778. The first kappa shape index (κ1) is 10.4. The van der Waals surface area contributed by atoms with E-state index in [2.05, 4.69) is 16.1 Å². The molecule has 34 valence electrons. The van der Waals surface area contributed by atoms with Gasteiger partial charge >= 0.3 is 29.6 Å². The van der Waals surface area contributed by atoms with Crippen LogP contribution in [-0.4, -0.2) is 38.0 Å². The summed E-state index contributed by atoms with van der Waals surface area (Å²) in [6, 6.07) is 0. The van der Waals surface area contributed by atoms with Gasteiger partial charge in [0, 0.05) is 16.1 Å². The van der Waals surface area contributed by atoms with E-state index >= 15 is 0 Å². The van der Waals surface area contributed by atoms with Crippen molar-refractivity contribution >= 4 is 56.6 Å². The molecule has 6 heavy (non-hydrogen) atoms. The fraction of sp³-hybridized carbons (Fsp3) is 0. The van der Waals surface area contributed by atoms with E-state index in [0.717, 1.165) is 0 Å². The average molecular weight is 184 g/mol. The molecule has 0 heterocycles. The molecular formula is H3BrNNaO2S. The normalized spacial score (nSPS) is 7.67. The number of halogens is 1. The second kappa shape index (κ2) is 6.39. The van der Waals surface area contributed by atoms with Crippen molar-refractivity contribution in [1.29, 1.82) is 0 Å². The number of thiol groups is 1. The van der Waals surface area contributed by atoms with Crippen molar-refractivity contribution in [3.63, 3.8) is 0 Å². The zero-order chi connectivity index (χ0) is 4.28. The fourth-order valence-electron chi connectivity index (χ4n) is 0. The summed E-state index contributed by atoms with van der Waals surface area (Å²) in [4.78, 5) is 0. The van der Waals surface area contributed by atoms with Gasteiger partial charge in [-0.3, -0.25) is 0 Å². The Bertz CT molecular complexity index is 71.6. The van der Waals surface area contributed by atoms with Crippen molar-refractivity contribution in [1.82, 2.24) is 3.75 Å². The summed E-state index contributed by atoms with van der Waals surface area (Å²) >= 11 is 2.47. The van der Waals surface area contributed by atoms with Gasteiger partial charge in [0.2, 0.25) is 10.9 Å². The SMILES string of the molecule is O=[SH](=O)NBr.[NaH]. The molecule has 0 radical (unpaired) electrons. The molecular weight excluding hydrogens is 181 g/mol. The molecule has 0 aromatic heterocycles. The number of nitrogens with one attached hydrogen (secondary N) is 1. The van der Waals surface area contributed by atoms with E-state index in [1.807, 2.05) is 0 Å². The molecule has 0 aliphatic carbocycles. The van der Waals surface area contributed by atoms with Gasteiger partial charge in [-0.1, -0.05) is 0 Å². The zero-order valence-corrected chi connectivity index (χ0v) is 4.62. The minimum absolute atomic E-state index is 0. The van der Waals surface area contributed by atoms with E-state index in [1.165, 1.54) is 0 Å². The van der Waals surface area contributed by atoms with Gasteiger partial charge in [0.15, 0.2) is 0 Å². The Morgan fingerprint density at radius 2 is 1.67 bits per heavy atom. The molecule has 0 fully saturated rings. The third-order valence-corrected chi connectivity index (χ3v) is 1.08. The molecule has 0 spiro atoms. The zero-order valence-electron chi connectivity index (χ0n) is 2.14. The van der Waals surface area contributed by atoms with Crippen molar-refractivity contribution in [2.45, 2.75) is 0 Å². The van der Waals surface area contributed by atoms with E-state index < -0.39 is 10.9 Å². The third-order valence-electron chi connectivity index (χ3n) is 0.0690. The predicted octanol–water partition coefficient (Wildman–Crippen LogP) is -1.24. The number of rotatable bonds is 1. The molecule has 3 nitrogen and oxygen atoms in total. The predicted molar refractivity (Wildman–Crippen MR) is 29.5 cm³/mol. The summed E-state index contributed by atoms with van der Waals surface area (Å²) < 4.78 is 20.3. The van der Waals surface area contributed by atoms with Gasteiger partial charge in [-0.25, -0.2) is 8.42 Å².